The highest BCUT2D eigenvalue weighted by Crippen LogP contribution is 2.42. The van der Waals surface area contributed by atoms with E-state index in [1.807, 2.05) is 31.2 Å². The summed E-state index contributed by atoms with van der Waals surface area (Å²) in [5.41, 5.74) is 3.66. The largest absolute Gasteiger partial charge is 0.441 e. The third kappa shape index (κ3) is 3.56. The molecule has 3 aromatic carbocycles. The Morgan fingerprint density at radius 1 is 0.774 bits per heavy atom. The lowest BCUT2D eigenvalue weighted by Gasteiger charge is -2.21. The van der Waals surface area contributed by atoms with Crippen LogP contribution in [0.25, 0.3) is 33.7 Å². The van der Waals surface area contributed by atoms with Crippen molar-refractivity contribution in [3.8, 4) is 11.5 Å². The molecule has 0 N–H and O–H groups in total. The predicted molar refractivity (Wildman–Crippen MR) is 111 cm³/mol. The summed E-state index contributed by atoms with van der Waals surface area (Å²) in [6, 6.07) is 16.4. The summed E-state index contributed by atoms with van der Waals surface area (Å²) < 4.78 is 53.5. The van der Waals surface area contributed by atoms with Crippen LogP contribution in [0.3, 0.4) is 0 Å². The molecular weight excluding hydrogens is 405 g/mol. The highest BCUT2D eigenvalue weighted by molar-refractivity contribution is 5.78. The second-order valence-electron chi connectivity index (χ2n) is 7.55. The molecule has 0 fully saturated rings. The van der Waals surface area contributed by atoms with Gasteiger partial charge in [0, 0.05) is 12.5 Å². The summed E-state index contributed by atoms with van der Waals surface area (Å²) in [4.78, 5) is 8.60. The van der Waals surface area contributed by atoms with Crippen LogP contribution in [0, 0.1) is 13.8 Å². The lowest BCUT2D eigenvalue weighted by molar-refractivity contribution is -0.141. The van der Waals surface area contributed by atoms with Gasteiger partial charge in [0.2, 0.25) is 5.89 Å². The van der Waals surface area contributed by atoms with Gasteiger partial charge in [-0.05, 0) is 54.4 Å². The fraction of sp³-hybridized carbons (Fsp3) is 0.167. The third-order valence-corrected chi connectivity index (χ3v) is 5.19. The standard InChI is InChI=1S/C24H17F3N2O2/c1-13-4-3-5-17(10-13)23-29-19-12-16(7-9-21(19)31-23)22(24(25,26)27)15-6-8-20-18(11-15)28-14(2)30-20/h3-12,22H,1-2H3. The van der Waals surface area contributed by atoms with Crippen LogP contribution in [0.15, 0.2) is 69.5 Å². The Balaban J connectivity index is 1.61. The van der Waals surface area contributed by atoms with E-state index in [0.29, 0.717) is 34.0 Å². The molecule has 2 aromatic heterocycles. The Morgan fingerprint density at radius 2 is 1.42 bits per heavy atom. The van der Waals surface area contributed by atoms with Crippen molar-refractivity contribution in [2.75, 3.05) is 0 Å². The molecule has 156 valence electrons. The number of benzene rings is 3. The highest BCUT2D eigenvalue weighted by atomic mass is 19.4. The maximum Gasteiger partial charge on any atom is 0.399 e. The monoisotopic (exact) mass is 422 g/mol. The first-order valence-corrected chi connectivity index (χ1v) is 9.69. The van der Waals surface area contributed by atoms with E-state index in [9.17, 15) is 13.2 Å². The molecule has 5 rings (SSSR count). The van der Waals surface area contributed by atoms with Gasteiger partial charge in [-0.15, -0.1) is 0 Å². The van der Waals surface area contributed by atoms with E-state index in [-0.39, 0.29) is 11.1 Å². The van der Waals surface area contributed by atoms with E-state index >= 15 is 0 Å². The number of alkyl halides is 3. The molecule has 0 aliphatic carbocycles. The first kappa shape index (κ1) is 19.4. The van der Waals surface area contributed by atoms with Gasteiger partial charge in [-0.25, -0.2) is 9.97 Å². The molecule has 0 saturated heterocycles. The van der Waals surface area contributed by atoms with E-state index < -0.39 is 12.1 Å². The molecule has 2 heterocycles. The lowest BCUT2D eigenvalue weighted by atomic mass is 9.90. The molecule has 5 aromatic rings. The minimum absolute atomic E-state index is 0.0867. The van der Waals surface area contributed by atoms with E-state index in [1.165, 1.54) is 36.4 Å². The Hall–Kier alpha value is -3.61. The van der Waals surface area contributed by atoms with Crippen LogP contribution in [-0.4, -0.2) is 16.1 Å². The van der Waals surface area contributed by atoms with Gasteiger partial charge in [-0.2, -0.15) is 13.2 Å². The number of nitrogens with zero attached hydrogens (tertiary/aromatic N) is 2. The first-order chi connectivity index (χ1) is 14.8. The molecule has 0 spiro atoms. The molecule has 7 heteroatoms. The van der Waals surface area contributed by atoms with Gasteiger partial charge in [-0.1, -0.05) is 29.8 Å². The maximum atomic E-state index is 14.1. The Kier molecular flexibility index (Phi) is 4.36. The van der Waals surface area contributed by atoms with Crippen molar-refractivity contribution in [3.63, 3.8) is 0 Å². The summed E-state index contributed by atoms with van der Waals surface area (Å²) in [7, 11) is 0. The van der Waals surface area contributed by atoms with Crippen LogP contribution < -0.4 is 0 Å². The molecular formula is C24H17F3N2O2. The molecule has 0 bridgehead atoms. The number of hydrogen-bond acceptors (Lipinski definition) is 4. The quantitative estimate of drug-likeness (QED) is 0.316. The Labute approximate surface area is 175 Å². The Bertz CT molecular complexity index is 1420. The smallest absolute Gasteiger partial charge is 0.399 e. The summed E-state index contributed by atoms with van der Waals surface area (Å²) in [5, 5.41) is 0. The van der Waals surface area contributed by atoms with Gasteiger partial charge in [0.25, 0.3) is 0 Å². The average molecular weight is 422 g/mol. The minimum Gasteiger partial charge on any atom is -0.441 e. The summed E-state index contributed by atoms with van der Waals surface area (Å²) in [6.45, 7) is 3.61. The van der Waals surface area contributed by atoms with Crippen LogP contribution in [0.4, 0.5) is 13.2 Å². The fourth-order valence-corrected chi connectivity index (χ4v) is 3.84. The number of aromatic nitrogens is 2. The molecule has 0 radical (unpaired) electrons. The van der Waals surface area contributed by atoms with Crippen LogP contribution >= 0.6 is 0 Å². The second kappa shape index (κ2) is 6.97. The zero-order chi connectivity index (χ0) is 21.8. The second-order valence-corrected chi connectivity index (χ2v) is 7.55. The van der Waals surface area contributed by atoms with Crippen molar-refractivity contribution in [1.29, 1.82) is 0 Å². The third-order valence-electron chi connectivity index (χ3n) is 5.19. The van der Waals surface area contributed by atoms with Gasteiger partial charge in [0.1, 0.15) is 17.0 Å². The van der Waals surface area contributed by atoms with E-state index in [1.54, 1.807) is 6.92 Å². The van der Waals surface area contributed by atoms with E-state index in [2.05, 4.69) is 9.97 Å². The molecule has 4 nitrogen and oxygen atoms in total. The number of aryl methyl sites for hydroxylation is 2. The Morgan fingerprint density at radius 3 is 2.06 bits per heavy atom. The van der Waals surface area contributed by atoms with Crippen LogP contribution in [0.2, 0.25) is 0 Å². The van der Waals surface area contributed by atoms with Gasteiger partial charge in [-0.3, -0.25) is 0 Å². The SMILES string of the molecule is Cc1cccc(-c2nc3cc(C(c4ccc5oc(C)nc5c4)C(F)(F)F)ccc3o2)c1. The molecule has 1 atom stereocenters. The van der Waals surface area contributed by atoms with Crippen molar-refractivity contribution in [2.45, 2.75) is 25.9 Å². The number of halogens is 3. The predicted octanol–water partition coefficient (Wildman–Crippen LogP) is 6.95. The summed E-state index contributed by atoms with van der Waals surface area (Å²) in [5.74, 6) is -1.04. The molecule has 0 aliphatic heterocycles. The number of hydrogen-bond donors (Lipinski definition) is 0. The number of oxazole rings is 2. The van der Waals surface area contributed by atoms with Crippen molar-refractivity contribution in [3.05, 3.63) is 83.2 Å². The summed E-state index contributed by atoms with van der Waals surface area (Å²) in [6.07, 6.45) is -4.50. The zero-order valence-corrected chi connectivity index (χ0v) is 16.7. The molecule has 0 amide bonds. The van der Waals surface area contributed by atoms with Gasteiger partial charge >= 0.3 is 6.18 Å². The van der Waals surface area contributed by atoms with Gasteiger partial charge in [0.05, 0.1) is 0 Å². The van der Waals surface area contributed by atoms with Gasteiger partial charge < -0.3 is 8.83 Å². The van der Waals surface area contributed by atoms with E-state index in [4.69, 9.17) is 8.83 Å². The van der Waals surface area contributed by atoms with Crippen molar-refractivity contribution < 1.29 is 22.0 Å². The average Bonchev–Trinajstić information content (AvgIpc) is 3.28. The van der Waals surface area contributed by atoms with Crippen LogP contribution in [-0.2, 0) is 0 Å². The molecule has 31 heavy (non-hydrogen) atoms. The molecule has 0 aliphatic rings. The zero-order valence-electron chi connectivity index (χ0n) is 16.7. The van der Waals surface area contributed by atoms with Gasteiger partial charge in [0.15, 0.2) is 17.1 Å². The molecule has 0 saturated carbocycles. The minimum atomic E-state index is -4.50. The molecule has 1 unspecified atom stereocenters. The first-order valence-electron chi connectivity index (χ1n) is 9.69. The normalized spacial score (nSPS) is 13.2. The fourth-order valence-electron chi connectivity index (χ4n) is 3.84. The van der Waals surface area contributed by atoms with Crippen molar-refractivity contribution in [2.24, 2.45) is 0 Å². The highest BCUT2D eigenvalue weighted by Gasteiger charge is 2.42. The lowest BCUT2D eigenvalue weighted by Crippen LogP contribution is -2.22. The topological polar surface area (TPSA) is 52.1 Å². The number of rotatable bonds is 3. The number of fused-ring (bicyclic) bond motifs is 2. The van der Waals surface area contributed by atoms with Crippen molar-refractivity contribution in [1.82, 2.24) is 9.97 Å². The van der Waals surface area contributed by atoms with Crippen LogP contribution in [0.1, 0.15) is 28.5 Å². The maximum absolute atomic E-state index is 14.1. The van der Waals surface area contributed by atoms with Crippen LogP contribution in [0.5, 0.6) is 0 Å². The van der Waals surface area contributed by atoms with E-state index in [0.717, 1.165) is 11.1 Å². The van der Waals surface area contributed by atoms with Crippen molar-refractivity contribution >= 4 is 22.2 Å². The summed E-state index contributed by atoms with van der Waals surface area (Å²) >= 11 is 0.